The fraction of sp³-hybridized carbons (Fsp3) is 0.571. The zero-order valence-electron chi connectivity index (χ0n) is 10.8. The smallest absolute Gasteiger partial charge is 0.0323 e. The highest BCUT2D eigenvalue weighted by atomic mass is 79.9. The Morgan fingerprint density at radius 2 is 1.94 bits per heavy atom. The quantitative estimate of drug-likeness (QED) is 0.902. The Morgan fingerprint density at radius 1 is 1.29 bits per heavy atom. The van der Waals surface area contributed by atoms with Gasteiger partial charge in [-0.05, 0) is 38.5 Å². The molecule has 0 bridgehead atoms. The van der Waals surface area contributed by atoms with Crippen molar-refractivity contribution in [2.75, 3.05) is 13.1 Å². The summed E-state index contributed by atoms with van der Waals surface area (Å²) in [6.45, 7) is 9.07. The lowest BCUT2D eigenvalue weighted by atomic mass is 10.0. The molecule has 0 aliphatic carbocycles. The molecule has 3 heteroatoms. The molecule has 1 aliphatic heterocycles. The highest BCUT2D eigenvalue weighted by Crippen LogP contribution is 2.25. The van der Waals surface area contributed by atoms with Crippen molar-refractivity contribution in [3.05, 3.63) is 34.3 Å². The van der Waals surface area contributed by atoms with Gasteiger partial charge in [0.1, 0.15) is 0 Å². The number of hydrogen-bond donors (Lipinski definition) is 1. The highest BCUT2D eigenvalue weighted by Gasteiger charge is 2.26. The number of halogens is 1. The van der Waals surface area contributed by atoms with Crippen LogP contribution >= 0.6 is 15.9 Å². The van der Waals surface area contributed by atoms with E-state index >= 15 is 0 Å². The zero-order chi connectivity index (χ0) is 12.4. The van der Waals surface area contributed by atoms with Gasteiger partial charge < -0.3 is 5.32 Å². The van der Waals surface area contributed by atoms with Gasteiger partial charge in [0.25, 0.3) is 0 Å². The summed E-state index contributed by atoms with van der Waals surface area (Å²) < 4.78 is 1.15. The minimum Gasteiger partial charge on any atom is -0.311 e. The van der Waals surface area contributed by atoms with Crippen molar-refractivity contribution in [1.82, 2.24) is 10.2 Å². The van der Waals surface area contributed by atoms with E-state index in [1.807, 2.05) is 0 Å². The van der Waals surface area contributed by atoms with E-state index in [1.165, 1.54) is 5.56 Å². The van der Waals surface area contributed by atoms with Crippen LogP contribution in [0.2, 0.25) is 0 Å². The number of nitrogens with zero attached hydrogens (tertiary/aromatic N) is 1. The summed E-state index contributed by atoms with van der Waals surface area (Å²) in [5.74, 6) is 0. The van der Waals surface area contributed by atoms with E-state index in [1.54, 1.807) is 0 Å². The number of rotatable bonds is 2. The summed E-state index contributed by atoms with van der Waals surface area (Å²) in [6, 6.07) is 10.4. The Labute approximate surface area is 113 Å². The van der Waals surface area contributed by atoms with Crippen LogP contribution in [0.25, 0.3) is 0 Å². The standard InChI is InChI=1S/C14H21BrN2/c1-10-9-17(11(2)8-16-10)12(3)13-4-6-14(15)7-5-13/h4-7,10-12,16H,8-9H2,1-3H3. The third kappa shape index (κ3) is 3.09. The summed E-state index contributed by atoms with van der Waals surface area (Å²) in [5, 5.41) is 3.53. The molecule has 1 N–H and O–H groups in total. The first-order valence-corrected chi connectivity index (χ1v) is 7.12. The Kier molecular flexibility index (Phi) is 4.23. The summed E-state index contributed by atoms with van der Waals surface area (Å²) in [4.78, 5) is 2.59. The number of benzene rings is 1. The van der Waals surface area contributed by atoms with Crippen LogP contribution in [0.5, 0.6) is 0 Å². The van der Waals surface area contributed by atoms with Crippen LogP contribution in [0.4, 0.5) is 0 Å². The maximum absolute atomic E-state index is 3.53. The molecule has 1 saturated heterocycles. The van der Waals surface area contributed by atoms with E-state index in [0.717, 1.165) is 17.6 Å². The van der Waals surface area contributed by atoms with Gasteiger partial charge in [0.2, 0.25) is 0 Å². The molecule has 1 aliphatic rings. The molecule has 0 saturated carbocycles. The fourth-order valence-electron chi connectivity index (χ4n) is 2.52. The van der Waals surface area contributed by atoms with Gasteiger partial charge in [0.05, 0.1) is 0 Å². The molecule has 0 amide bonds. The Balaban J connectivity index is 2.12. The van der Waals surface area contributed by atoms with Crippen LogP contribution in [0.3, 0.4) is 0 Å². The average Bonchev–Trinajstić information content (AvgIpc) is 2.32. The van der Waals surface area contributed by atoms with Crippen molar-refractivity contribution in [3.8, 4) is 0 Å². The molecule has 2 nitrogen and oxygen atoms in total. The first kappa shape index (κ1) is 13.1. The zero-order valence-corrected chi connectivity index (χ0v) is 12.4. The van der Waals surface area contributed by atoms with E-state index in [-0.39, 0.29) is 0 Å². The molecule has 3 atom stereocenters. The van der Waals surface area contributed by atoms with Crippen LogP contribution < -0.4 is 5.32 Å². The highest BCUT2D eigenvalue weighted by molar-refractivity contribution is 9.10. The molecule has 1 aromatic rings. The van der Waals surface area contributed by atoms with Gasteiger partial charge in [-0.15, -0.1) is 0 Å². The van der Waals surface area contributed by atoms with Crippen LogP contribution in [0.1, 0.15) is 32.4 Å². The van der Waals surface area contributed by atoms with E-state index in [2.05, 4.69) is 71.2 Å². The van der Waals surface area contributed by atoms with Crippen molar-refractivity contribution >= 4 is 15.9 Å². The van der Waals surface area contributed by atoms with Crippen LogP contribution in [0, 0.1) is 0 Å². The molecule has 0 spiro atoms. The lowest BCUT2D eigenvalue weighted by Crippen LogP contribution is -2.54. The van der Waals surface area contributed by atoms with Crippen LogP contribution in [-0.2, 0) is 0 Å². The number of nitrogens with one attached hydrogen (secondary N) is 1. The summed E-state index contributed by atoms with van der Waals surface area (Å²) in [5.41, 5.74) is 1.40. The first-order chi connectivity index (χ1) is 8.08. The summed E-state index contributed by atoms with van der Waals surface area (Å²) in [7, 11) is 0. The SMILES string of the molecule is CC1CN(C(C)c2ccc(Br)cc2)C(C)CN1. The lowest BCUT2D eigenvalue weighted by molar-refractivity contribution is 0.103. The third-order valence-corrected chi connectivity index (χ3v) is 4.19. The molecular formula is C14H21BrN2. The molecule has 3 unspecified atom stereocenters. The van der Waals surface area contributed by atoms with Gasteiger partial charge in [-0.2, -0.15) is 0 Å². The second-order valence-corrected chi connectivity index (χ2v) is 6.00. The predicted molar refractivity (Wildman–Crippen MR) is 76.2 cm³/mol. The predicted octanol–water partition coefficient (Wildman–Crippen LogP) is 3.19. The largest absolute Gasteiger partial charge is 0.311 e. The molecule has 1 aromatic carbocycles. The van der Waals surface area contributed by atoms with Crippen molar-refractivity contribution in [3.63, 3.8) is 0 Å². The van der Waals surface area contributed by atoms with Gasteiger partial charge in [-0.3, -0.25) is 4.90 Å². The van der Waals surface area contributed by atoms with Crippen molar-refractivity contribution in [2.45, 2.75) is 38.9 Å². The second kappa shape index (κ2) is 5.51. The van der Waals surface area contributed by atoms with Gasteiger partial charge in [-0.25, -0.2) is 0 Å². The normalized spacial score (nSPS) is 28.0. The van der Waals surface area contributed by atoms with E-state index in [4.69, 9.17) is 0 Å². The van der Waals surface area contributed by atoms with Crippen LogP contribution in [-0.4, -0.2) is 30.1 Å². The van der Waals surface area contributed by atoms with Crippen molar-refractivity contribution in [1.29, 1.82) is 0 Å². The third-order valence-electron chi connectivity index (χ3n) is 3.66. The van der Waals surface area contributed by atoms with Gasteiger partial charge >= 0.3 is 0 Å². The van der Waals surface area contributed by atoms with E-state index < -0.39 is 0 Å². The van der Waals surface area contributed by atoms with Gasteiger partial charge in [0.15, 0.2) is 0 Å². The maximum atomic E-state index is 3.53. The summed E-state index contributed by atoms with van der Waals surface area (Å²) in [6.07, 6.45) is 0. The Morgan fingerprint density at radius 3 is 2.59 bits per heavy atom. The minimum atomic E-state index is 0.489. The second-order valence-electron chi connectivity index (χ2n) is 5.08. The molecule has 1 heterocycles. The first-order valence-electron chi connectivity index (χ1n) is 6.32. The Hall–Kier alpha value is -0.380. The van der Waals surface area contributed by atoms with Crippen molar-refractivity contribution < 1.29 is 0 Å². The van der Waals surface area contributed by atoms with Crippen LogP contribution in [0.15, 0.2) is 28.7 Å². The molecule has 1 fully saturated rings. The number of hydrogen-bond acceptors (Lipinski definition) is 2. The maximum Gasteiger partial charge on any atom is 0.0323 e. The number of piperazine rings is 1. The minimum absolute atomic E-state index is 0.489. The van der Waals surface area contributed by atoms with E-state index in [0.29, 0.717) is 18.1 Å². The fourth-order valence-corrected chi connectivity index (χ4v) is 2.79. The lowest BCUT2D eigenvalue weighted by Gasteiger charge is -2.41. The van der Waals surface area contributed by atoms with Crippen molar-refractivity contribution in [2.24, 2.45) is 0 Å². The van der Waals surface area contributed by atoms with Gasteiger partial charge in [0, 0.05) is 35.7 Å². The molecule has 2 rings (SSSR count). The molecule has 0 aromatic heterocycles. The monoisotopic (exact) mass is 296 g/mol. The Bertz CT molecular complexity index is 363. The molecular weight excluding hydrogens is 276 g/mol. The molecule has 94 valence electrons. The summed E-state index contributed by atoms with van der Waals surface area (Å²) >= 11 is 3.49. The topological polar surface area (TPSA) is 15.3 Å². The molecule has 17 heavy (non-hydrogen) atoms. The molecule has 0 radical (unpaired) electrons. The average molecular weight is 297 g/mol. The van der Waals surface area contributed by atoms with Gasteiger partial charge in [-0.1, -0.05) is 28.1 Å². The van der Waals surface area contributed by atoms with E-state index in [9.17, 15) is 0 Å².